The minimum Gasteiger partial charge on any atom is -0.290 e. The van der Waals surface area contributed by atoms with Crippen molar-refractivity contribution >= 4 is 17.2 Å². The number of hydrogen-bond donors (Lipinski definition) is 0. The normalized spacial score (nSPS) is 9.54. The van der Waals surface area contributed by atoms with Crippen LogP contribution in [0.5, 0.6) is 0 Å². The van der Waals surface area contributed by atoms with Crippen LogP contribution in [0.2, 0.25) is 5.15 Å². The Hall–Kier alpha value is -1.02. The van der Waals surface area contributed by atoms with Gasteiger partial charge in [0.2, 0.25) is 0 Å². The second-order valence-corrected chi connectivity index (χ2v) is 2.90. The molecular weight excluding hydrogens is 184 g/mol. The monoisotopic (exact) mass is 196 g/mol. The number of aromatic nitrogens is 2. The number of imidazole rings is 1. The van der Waals surface area contributed by atoms with Gasteiger partial charge in [-0.3, -0.25) is 4.40 Å². The standard InChI is InChI=1S/C8H7ClN2.C2H6/c1-6-4-7(9)11-3-2-10-8(11)5-6;1-2/h2-5H,1H3;1-2H3. The molecule has 3 heteroatoms. The molecule has 0 aliphatic rings. The van der Waals surface area contributed by atoms with E-state index in [0.717, 1.165) is 11.2 Å². The molecule has 0 saturated heterocycles. The van der Waals surface area contributed by atoms with E-state index < -0.39 is 0 Å². The zero-order valence-electron chi connectivity index (χ0n) is 8.08. The van der Waals surface area contributed by atoms with Crippen molar-refractivity contribution in [2.75, 3.05) is 0 Å². The van der Waals surface area contributed by atoms with Gasteiger partial charge < -0.3 is 0 Å². The third kappa shape index (κ3) is 2.01. The molecule has 0 spiro atoms. The average molecular weight is 197 g/mol. The van der Waals surface area contributed by atoms with E-state index in [2.05, 4.69) is 4.98 Å². The largest absolute Gasteiger partial charge is 0.290 e. The van der Waals surface area contributed by atoms with Gasteiger partial charge in [-0.05, 0) is 24.6 Å². The SMILES string of the molecule is CC.Cc1cc(Cl)n2ccnc2c1. The van der Waals surface area contributed by atoms with Crippen LogP contribution in [-0.2, 0) is 0 Å². The number of halogens is 1. The third-order valence-corrected chi connectivity index (χ3v) is 1.89. The van der Waals surface area contributed by atoms with E-state index in [0.29, 0.717) is 5.15 Å². The second kappa shape index (κ2) is 4.28. The van der Waals surface area contributed by atoms with Crippen molar-refractivity contribution in [3.05, 3.63) is 35.2 Å². The molecule has 0 aromatic carbocycles. The molecule has 2 nitrogen and oxygen atoms in total. The maximum absolute atomic E-state index is 5.93. The van der Waals surface area contributed by atoms with Crippen LogP contribution in [0.25, 0.3) is 5.65 Å². The smallest absolute Gasteiger partial charge is 0.138 e. The Bertz CT molecular complexity index is 393. The highest BCUT2D eigenvalue weighted by Gasteiger charge is 1.97. The summed E-state index contributed by atoms with van der Waals surface area (Å²) in [7, 11) is 0. The fourth-order valence-electron chi connectivity index (χ4n) is 1.11. The quantitative estimate of drug-likeness (QED) is 0.591. The molecule has 13 heavy (non-hydrogen) atoms. The molecule has 0 N–H and O–H groups in total. The van der Waals surface area contributed by atoms with Crippen molar-refractivity contribution in [3.63, 3.8) is 0 Å². The molecular formula is C10H13ClN2. The van der Waals surface area contributed by atoms with E-state index in [-0.39, 0.29) is 0 Å². The summed E-state index contributed by atoms with van der Waals surface area (Å²) in [5, 5.41) is 0.706. The predicted octanol–water partition coefficient (Wildman–Crippen LogP) is 3.32. The summed E-state index contributed by atoms with van der Waals surface area (Å²) in [5.74, 6) is 0. The highest BCUT2D eigenvalue weighted by Crippen LogP contribution is 2.13. The Labute approximate surface area is 83.2 Å². The molecule has 0 unspecified atom stereocenters. The number of aryl methyl sites for hydroxylation is 1. The first-order valence-corrected chi connectivity index (χ1v) is 4.74. The number of fused-ring (bicyclic) bond motifs is 1. The van der Waals surface area contributed by atoms with E-state index in [1.807, 2.05) is 43.5 Å². The Morgan fingerprint density at radius 2 is 2.00 bits per heavy atom. The Morgan fingerprint density at radius 3 is 2.69 bits per heavy atom. The molecule has 0 amide bonds. The molecule has 2 heterocycles. The van der Waals surface area contributed by atoms with Crippen molar-refractivity contribution in [1.29, 1.82) is 0 Å². The first kappa shape index (κ1) is 10.1. The van der Waals surface area contributed by atoms with Crippen LogP contribution in [0.3, 0.4) is 0 Å². The van der Waals surface area contributed by atoms with Crippen LogP contribution in [0, 0.1) is 6.92 Å². The van der Waals surface area contributed by atoms with E-state index in [1.54, 1.807) is 6.20 Å². The lowest BCUT2D eigenvalue weighted by molar-refractivity contribution is 1.17. The van der Waals surface area contributed by atoms with Gasteiger partial charge in [-0.1, -0.05) is 25.4 Å². The van der Waals surface area contributed by atoms with Gasteiger partial charge in [0.05, 0.1) is 0 Å². The molecule has 0 bridgehead atoms. The summed E-state index contributed by atoms with van der Waals surface area (Å²) >= 11 is 5.93. The van der Waals surface area contributed by atoms with E-state index >= 15 is 0 Å². The number of rotatable bonds is 0. The molecule has 2 rings (SSSR count). The maximum Gasteiger partial charge on any atom is 0.138 e. The van der Waals surface area contributed by atoms with E-state index in [1.165, 1.54) is 0 Å². The van der Waals surface area contributed by atoms with Crippen LogP contribution in [0.1, 0.15) is 19.4 Å². The third-order valence-electron chi connectivity index (χ3n) is 1.60. The van der Waals surface area contributed by atoms with Crippen LogP contribution in [0.4, 0.5) is 0 Å². The van der Waals surface area contributed by atoms with Gasteiger partial charge in [0.15, 0.2) is 0 Å². The molecule has 0 aliphatic heterocycles. The molecule has 0 aliphatic carbocycles. The topological polar surface area (TPSA) is 17.3 Å². The van der Waals surface area contributed by atoms with E-state index in [9.17, 15) is 0 Å². The van der Waals surface area contributed by atoms with Crippen LogP contribution in [-0.4, -0.2) is 9.38 Å². The maximum atomic E-state index is 5.93. The number of pyridine rings is 1. The van der Waals surface area contributed by atoms with Gasteiger partial charge in [-0.15, -0.1) is 0 Å². The summed E-state index contributed by atoms with van der Waals surface area (Å²) < 4.78 is 1.84. The van der Waals surface area contributed by atoms with Gasteiger partial charge in [0.1, 0.15) is 10.8 Å². The summed E-state index contributed by atoms with van der Waals surface area (Å²) in [4.78, 5) is 4.12. The molecule has 2 aromatic heterocycles. The van der Waals surface area contributed by atoms with Gasteiger partial charge in [0, 0.05) is 12.4 Å². The van der Waals surface area contributed by atoms with E-state index in [4.69, 9.17) is 11.6 Å². The highest BCUT2D eigenvalue weighted by molar-refractivity contribution is 6.29. The van der Waals surface area contributed by atoms with Gasteiger partial charge >= 0.3 is 0 Å². The van der Waals surface area contributed by atoms with Crippen molar-refractivity contribution < 1.29 is 0 Å². The molecule has 0 radical (unpaired) electrons. The van der Waals surface area contributed by atoms with Crippen molar-refractivity contribution in [2.45, 2.75) is 20.8 Å². The molecule has 70 valence electrons. The Morgan fingerprint density at radius 1 is 1.31 bits per heavy atom. The minimum atomic E-state index is 0.706. The summed E-state index contributed by atoms with van der Waals surface area (Å²) in [6, 6.07) is 3.90. The molecule has 2 aromatic rings. The molecule has 0 atom stereocenters. The van der Waals surface area contributed by atoms with Gasteiger partial charge in [0.25, 0.3) is 0 Å². The summed E-state index contributed by atoms with van der Waals surface area (Å²) in [5.41, 5.74) is 2.03. The lowest BCUT2D eigenvalue weighted by atomic mass is 10.3. The van der Waals surface area contributed by atoms with Crippen LogP contribution in [0.15, 0.2) is 24.5 Å². The van der Waals surface area contributed by atoms with Crippen LogP contribution >= 0.6 is 11.6 Å². The average Bonchev–Trinajstić information content (AvgIpc) is 2.55. The predicted molar refractivity (Wildman–Crippen MR) is 56.3 cm³/mol. The van der Waals surface area contributed by atoms with Crippen molar-refractivity contribution in [1.82, 2.24) is 9.38 Å². The van der Waals surface area contributed by atoms with Gasteiger partial charge in [-0.2, -0.15) is 0 Å². The fraction of sp³-hybridized carbons (Fsp3) is 0.300. The summed E-state index contributed by atoms with van der Waals surface area (Å²) in [6.45, 7) is 6.00. The lowest BCUT2D eigenvalue weighted by Crippen LogP contribution is -1.85. The molecule has 0 fully saturated rings. The minimum absolute atomic E-state index is 0.706. The highest BCUT2D eigenvalue weighted by atomic mass is 35.5. The second-order valence-electron chi connectivity index (χ2n) is 2.51. The Balaban J connectivity index is 0.000000396. The lowest BCUT2D eigenvalue weighted by Gasteiger charge is -1.97. The zero-order valence-corrected chi connectivity index (χ0v) is 8.84. The van der Waals surface area contributed by atoms with Crippen LogP contribution < -0.4 is 0 Å². The first-order valence-electron chi connectivity index (χ1n) is 4.36. The number of hydrogen-bond acceptors (Lipinski definition) is 1. The van der Waals surface area contributed by atoms with Crippen molar-refractivity contribution in [2.24, 2.45) is 0 Å². The number of nitrogens with zero attached hydrogens (tertiary/aromatic N) is 2. The Kier molecular flexibility index (Phi) is 3.32. The first-order chi connectivity index (χ1) is 6.27. The molecule has 0 saturated carbocycles. The zero-order chi connectivity index (χ0) is 9.84. The van der Waals surface area contributed by atoms with Crippen molar-refractivity contribution in [3.8, 4) is 0 Å². The fourth-order valence-corrected chi connectivity index (χ4v) is 1.42. The van der Waals surface area contributed by atoms with Gasteiger partial charge in [-0.25, -0.2) is 4.98 Å². The summed E-state index contributed by atoms with van der Waals surface area (Å²) in [6.07, 6.45) is 3.58.